The molecule has 1 unspecified atom stereocenters. The molecule has 108 valence electrons. The quantitative estimate of drug-likeness (QED) is 0.836. The first-order valence-electron chi connectivity index (χ1n) is 6.20. The minimum absolute atomic E-state index is 0.162. The van der Waals surface area contributed by atoms with Crippen molar-refractivity contribution in [2.75, 3.05) is 7.11 Å². The summed E-state index contributed by atoms with van der Waals surface area (Å²) in [5, 5.41) is 15.0. The topological polar surface area (TPSA) is 47.3 Å². The van der Waals surface area contributed by atoms with Crippen LogP contribution in [-0.4, -0.2) is 22.0 Å². The van der Waals surface area contributed by atoms with Gasteiger partial charge in [-0.3, -0.25) is 4.68 Å². The number of aromatic nitrogens is 2. The first kappa shape index (κ1) is 15.5. The van der Waals surface area contributed by atoms with Gasteiger partial charge in [-0.05, 0) is 48.0 Å². The third-order valence-corrected chi connectivity index (χ3v) is 4.37. The zero-order valence-corrected chi connectivity index (χ0v) is 14.6. The van der Waals surface area contributed by atoms with Crippen LogP contribution < -0.4 is 4.74 Å². The maximum atomic E-state index is 10.7. The summed E-state index contributed by atoms with van der Waals surface area (Å²) in [4.78, 5) is 0. The highest BCUT2D eigenvalue weighted by Crippen LogP contribution is 2.35. The molecule has 0 aliphatic rings. The highest BCUT2D eigenvalue weighted by atomic mass is 79.9. The summed E-state index contributed by atoms with van der Waals surface area (Å²) in [5.74, 6) is 0.703. The van der Waals surface area contributed by atoms with Crippen molar-refractivity contribution in [1.82, 2.24) is 9.78 Å². The second-order valence-corrected chi connectivity index (χ2v) is 6.41. The van der Waals surface area contributed by atoms with Crippen molar-refractivity contribution in [3.63, 3.8) is 0 Å². The number of nitrogens with zero attached hydrogens (tertiary/aromatic N) is 2. The molecule has 0 saturated heterocycles. The van der Waals surface area contributed by atoms with E-state index in [4.69, 9.17) is 4.74 Å². The van der Waals surface area contributed by atoms with E-state index in [1.807, 2.05) is 32.0 Å². The lowest BCUT2D eigenvalue weighted by Crippen LogP contribution is -2.13. The third-order valence-electron chi connectivity index (χ3n) is 3.03. The lowest BCUT2D eigenvalue weighted by Gasteiger charge is -2.18. The van der Waals surface area contributed by atoms with Crippen molar-refractivity contribution in [3.05, 3.63) is 44.6 Å². The fraction of sp³-hybridized carbons (Fsp3) is 0.357. The molecule has 1 N–H and O–H groups in total. The summed E-state index contributed by atoms with van der Waals surface area (Å²) in [6, 6.07) is 5.69. The third kappa shape index (κ3) is 2.92. The standard InChI is InChI=1S/C14H16Br2N2O2/c1-8(2)18-13(12(16)7-17-18)14(19)10-6-9(20-3)4-5-11(10)15/h4-8,14,19H,1-3H3. The van der Waals surface area contributed by atoms with Gasteiger partial charge in [0.1, 0.15) is 11.9 Å². The van der Waals surface area contributed by atoms with E-state index in [-0.39, 0.29) is 6.04 Å². The van der Waals surface area contributed by atoms with Crippen LogP contribution in [0, 0.1) is 0 Å². The van der Waals surface area contributed by atoms with Gasteiger partial charge in [0.2, 0.25) is 0 Å². The molecule has 20 heavy (non-hydrogen) atoms. The smallest absolute Gasteiger partial charge is 0.123 e. The predicted molar refractivity (Wildman–Crippen MR) is 85.1 cm³/mol. The Morgan fingerprint density at radius 2 is 1.95 bits per heavy atom. The predicted octanol–water partition coefficient (Wildman–Crippen LogP) is 4.08. The van der Waals surface area contributed by atoms with E-state index in [1.165, 1.54) is 0 Å². The Morgan fingerprint density at radius 3 is 2.55 bits per heavy atom. The van der Waals surface area contributed by atoms with Gasteiger partial charge in [0.15, 0.2) is 0 Å². The van der Waals surface area contributed by atoms with E-state index in [0.29, 0.717) is 5.75 Å². The van der Waals surface area contributed by atoms with Gasteiger partial charge in [-0.2, -0.15) is 5.10 Å². The zero-order valence-electron chi connectivity index (χ0n) is 11.5. The van der Waals surface area contributed by atoms with Crippen LogP contribution in [0.1, 0.15) is 37.3 Å². The lowest BCUT2D eigenvalue weighted by atomic mass is 10.1. The summed E-state index contributed by atoms with van der Waals surface area (Å²) in [6.07, 6.45) is 0.908. The summed E-state index contributed by atoms with van der Waals surface area (Å²) < 4.78 is 8.64. The lowest BCUT2D eigenvalue weighted by molar-refractivity contribution is 0.203. The van der Waals surface area contributed by atoms with Crippen molar-refractivity contribution >= 4 is 31.9 Å². The van der Waals surface area contributed by atoms with Crippen LogP contribution in [0.3, 0.4) is 0 Å². The molecule has 4 nitrogen and oxygen atoms in total. The van der Waals surface area contributed by atoms with Gasteiger partial charge >= 0.3 is 0 Å². The van der Waals surface area contributed by atoms with Crippen LogP contribution in [0.25, 0.3) is 0 Å². The summed E-state index contributed by atoms with van der Waals surface area (Å²) >= 11 is 6.93. The number of aliphatic hydroxyl groups excluding tert-OH is 1. The van der Waals surface area contributed by atoms with Gasteiger partial charge < -0.3 is 9.84 Å². The highest BCUT2D eigenvalue weighted by molar-refractivity contribution is 9.10. The van der Waals surface area contributed by atoms with Crippen molar-refractivity contribution in [3.8, 4) is 5.75 Å². The average Bonchev–Trinajstić information content (AvgIpc) is 2.80. The van der Waals surface area contributed by atoms with Gasteiger partial charge in [0, 0.05) is 16.1 Å². The number of hydrogen-bond donors (Lipinski definition) is 1. The Balaban J connectivity index is 2.51. The normalized spacial score (nSPS) is 12.8. The molecule has 1 aromatic carbocycles. The van der Waals surface area contributed by atoms with E-state index >= 15 is 0 Å². The van der Waals surface area contributed by atoms with Crippen LogP contribution >= 0.6 is 31.9 Å². The van der Waals surface area contributed by atoms with Crippen LogP contribution in [0.2, 0.25) is 0 Å². The fourth-order valence-electron chi connectivity index (χ4n) is 2.02. The first-order chi connectivity index (χ1) is 9.45. The Labute approximate surface area is 135 Å². The zero-order chi connectivity index (χ0) is 14.9. The molecular formula is C14H16Br2N2O2. The van der Waals surface area contributed by atoms with Crippen LogP contribution in [0.5, 0.6) is 5.75 Å². The number of hydrogen-bond acceptors (Lipinski definition) is 3. The van der Waals surface area contributed by atoms with Gasteiger partial charge in [-0.1, -0.05) is 15.9 Å². The second kappa shape index (κ2) is 6.28. The number of halogens is 2. The fourth-order valence-corrected chi connectivity index (χ4v) is 2.98. The maximum Gasteiger partial charge on any atom is 0.123 e. The molecule has 0 saturated carbocycles. The molecule has 0 aliphatic carbocycles. The van der Waals surface area contributed by atoms with E-state index in [2.05, 4.69) is 37.0 Å². The van der Waals surface area contributed by atoms with Gasteiger partial charge in [-0.25, -0.2) is 0 Å². The van der Waals surface area contributed by atoms with E-state index < -0.39 is 6.10 Å². The second-order valence-electron chi connectivity index (χ2n) is 4.71. The summed E-state index contributed by atoms with van der Waals surface area (Å²) in [7, 11) is 1.60. The van der Waals surface area contributed by atoms with Crippen LogP contribution in [0.15, 0.2) is 33.3 Å². The monoisotopic (exact) mass is 402 g/mol. The molecule has 0 fully saturated rings. The van der Waals surface area contributed by atoms with Gasteiger partial charge in [0.05, 0.1) is 23.5 Å². The molecule has 1 atom stereocenters. The molecule has 0 aliphatic heterocycles. The van der Waals surface area contributed by atoms with Crippen molar-refractivity contribution in [2.45, 2.75) is 26.0 Å². The van der Waals surface area contributed by atoms with Crippen molar-refractivity contribution < 1.29 is 9.84 Å². The number of methoxy groups -OCH3 is 1. The Kier molecular flexibility index (Phi) is 4.88. The maximum absolute atomic E-state index is 10.7. The number of rotatable bonds is 4. The minimum atomic E-state index is -0.793. The van der Waals surface area contributed by atoms with Crippen LogP contribution in [0.4, 0.5) is 0 Å². The van der Waals surface area contributed by atoms with E-state index in [9.17, 15) is 5.11 Å². The Hall–Kier alpha value is -0.850. The first-order valence-corrected chi connectivity index (χ1v) is 7.78. The number of benzene rings is 1. The molecule has 2 rings (SSSR count). The summed E-state index contributed by atoms with van der Waals surface area (Å²) in [6.45, 7) is 4.05. The molecule has 0 spiro atoms. The molecule has 0 radical (unpaired) electrons. The highest BCUT2D eigenvalue weighted by Gasteiger charge is 2.23. The molecular weight excluding hydrogens is 388 g/mol. The molecule has 0 amide bonds. The van der Waals surface area contributed by atoms with Crippen molar-refractivity contribution in [1.29, 1.82) is 0 Å². The van der Waals surface area contributed by atoms with Gasteiger partial charge in [0.25, 0.3) is 0 Å². The van der Waals surface area contributed by atoms with Crippen molar-refractivity contribution in [2.24, 2.45) is 0 Å². The Bertz CT molecular complexity index is 611. The molecule has 1 aromatic heterocycles. The Morgan fingerprint density at radius 1 is 1.25 bits per heavy atom. The number of ether oxygens (including phenoxy) is 1. The molecule has 2 aromatic rings. The largest absolute Gasteiger partial charge is 0.497 e. The summed E-state index contributed by atoms with van der Waals surface area (Å²) in [5.41, 5.74) is 1.47. The van der Waals surface area contributed by atoms with E-state index in [0.717, 1.165) is 20.2 Å². The number of aliphatic hydroxyl groups is 1. The SMILES string of the molecule is COc1ccc(Br)c(C(O)c2c(Br)cnn2C(C)C)c1. The van der Waals surface area contributed by atoms with E-state index in [1.54, 1.807) is 18.0 Å². The molecule has 6 heteroatoms. The van der Waals surface area contributed by atoms with Gasteiger partial charge in [-0.15, -0.1) is 0 Å². The molecule has 1 heterocycles. The van der Waals surface area contributed by atoms with Crippen LogP contribution in [-0.2, 0) is 0 Å². The minimum Gasteiger partial charge on any atom is -0.497 e. The average molecular weight is 404 g/mol. The molecule has 0 bridgehead atoms.